The first-order valence-electron chi connectivity index (χ1n) is 4.07. The van der Waals surface area contributed by atoms with Gasteiger partial charge in [-0.2, -0.15) is 0 Å². The highest BCUT2D eigenvalue weighted by atomic mass is 19.3. The highest BCUT2D eigenvalue weighted by molar-refractivity contribution is 5.18. The van der Waals surface area contributed by atoms with E-state index in [1.807, 2.05) is 0 Å². The van der Waals surface area contributed by atoms with Crippen LogP contribution >= 0.6 is 0 Å². The molecule has 4 heteroatoms. The van der Waals surface area contributed by atoms with Crippen LogP contribution in [0.25, 0.3) is 0 Å². The van der Waals surface area contributed by atoms with Crippen LogP contribution in [0.4, 0.5) is 8.78 Å². The molecule has 0 radical (unpaired) electrons. The van der Waals surface area contributed by atoms with Gasteiger partial charge in [0.15, 0.2) is 0 Å². The molecular weight excluding hydrogens is 174 g/mol. The van der Waals surface area contributed by atoms with Crippen LogP contribution in [0.15, 0.2) is 18.3 Å². The number of hydrogen-bond acceptors (Lipinski definition) is 2. The van der Waals surface area contributed by atoms with Gasteiger partial charge >= 0.3 is 0 Å². The van der Waals surface area contributed by atoms with Gasteiger partial charge in [-0.05, 0) is 25.6 Å². The number of halogens is 2. The predicted octanol–water partition coefficient (Wildman–Crippen LogP) is 1.83. The molecule has 13 heavy (non-hydrogen) atoms. The Morgan fingerprint density at radius 1 is 1.46 bits per heavy atom. The lowest BCUT2D eigenvalue weighted by Gasteiger charge is -2.14. The largest absolute Gasteiger partial charge is 0.330 e. The van der Waals surface area contributed by atoms with Crippen LogP contribution in [0.1, 0.15) is 17.7 Å². The van der Waals surface area contributed by atoms with Crippen molar-refractivity contribution in [2.45, 2.75) is 19.3 Å². The van der Waals surface area contributed by atoms with Crippen molar-refractivity contribution in [2.24, 2.45) is 5.73 Å². The van der Waals surface area contributed by atoms with Crippen LogP contribution in [-0.2, 0) is 5.92 Å². The average Bonchev–Trinajstić information content (AvgIpc) is 2.05. The lowest BCUT2D eigenvalue weighted by molar-refractivity contribution is -0.0110. The molecule has 0 spiro atoms. The molecular formula is C9H12F2N2. The van der Waals surface area contributed by atoms with Gasteiger partial charge in [0.2, 0.25) is 0 Å². The smallest absolute Gasteiger partial charge is 0.275 e. The highest BCUT2D eigenvalue weighted by Crippen LogP contribution is 2.30. The molecule has 0 aromatic carbocycles. The Hall–Kier alpha value is -1.03. The van der Waals surface area contributed by atoms with E-state index in [-0.39, 0.29) is 18.5 Å². The lowest BCUT2D eigenvalue weighted by Crippen LogP contribution is -2.18. The molecule has 2 nitrogen and oxygen atoms in total. The molecule has 1 aromatic heterocycles. The standard InChI is InChI=1S/C9H12F2N2/c1-7-2-3-8(6-13-7)9(10,11)4-5-12/h2-3,6H,4-5,12H2,1H3. The fraction of sp³-hybridized carbons (Fsp3) is 0.444. The number of nitrogens with zero attached hydrogens (tertiary/aromatic N) is 1. The summed E-state index contributed by atoms with van der Waals surface area (Å²) in [6, 6.07) is 2.96. The van der Waals surface area contributed by atoms with Crippen LogP contribution in [0.2, 0.25) is 0 Å². The first kappa shape index (κ1) is 10.1. The predicted molar refractivity (Wildman–Crippen MR) is 46.5 cm³/mol. The normalized spacial score (nSPS) is 11.7. The van der Waals surface area contributed by atoms with E-state index in [2.05, 4.69) is 4.98 Å². The van der Waals surface area contributed by atoms with Crippen LogP contribution in [0.3, 0.4) is 0 Å². The Balaban J connectivity index is 2.87. The number of aryl methyl sites for hydroxylation is 1. The van der Waals surface area contributed by atoms with Crippen molar-refractivity contribution in [1.29, 1.82) is 0 Å². The van der Waals surface area contributed by atoms with Crippen LogP contribution in [0.5, 0.6) is 0 Å². The minimum absolute atomic E-state index is 0.0269. The summed E-state index contributed by atoms with van der Waals surface area (Å²) in [5, 5.41) is 0. The molecule has 0 aliphatic heterocycles. The van der Waals surface area contributed by atoms with Crippen LogP contribution in [0, 0.1) is 6.92 Å². The summed E-state index contributed by atoms with van der Waals surface area (Å²) in [6.45, 7) is 1.73. The molecule has 0 fully saturated rings. The molecule has 0 atom stereocenters. The second-order valence-corrected chi connectivity index (χ2v) is 2.93. The van der Waals surface area contributed by atoms with Crippen molar-refractivity contribution in [2.75, 3.05) is 6.54 Å². The van der Waals surface area contributed by atoms with Gasteiger partial charge in [-0.3, -0.25) is 4.98 Å². The van der Waals surface area contributed by atoms with Crippen molar-refractivity contribution in [3.05, 3.63) is 29.6 Å². The Labute approximate surface area is 75.8 Å². The summed E-state index contributed by atoms with van der Waals surface area (Å²) in [5.74, 6) is -2.85. The Bertz CT molecular complexity index is 269. The van der Waals surface area contributed by atoms with Crippen molar-refractivity contribution in [1.82, 2.24) is 4.98 Å². The number of pyridine rings is 1. The quantitative estimate of drug-likeness (QED) is 0.782. The first-order valence-corrected chi connectivity index (χ1v) is 4.07. The SMILES string of the molecule is Cc1ccc(C(F)(F)CCN)cn1. The summed E-state index contributed by atoms with van der Waals surface area (Å²) in [6.07, 6.45) is 0.864. The number of hydrogen-bond donors (Lipinski definition) is 1. The van der Waals surface area contributed by atoms with E-state index in [4.69, 9.17) is 5.73 Å². The van der Waals surface area contributed by atoms with E-state index in [0.29, 0.717) is 0 Å². The maximum absolute atomic E-state index is 13.2. The zero-order valence-corrected chi connectivity index (χ0v) is 7.43. The zero-order chi connectivity index (χ0) is 9.90. The van der Waals surface area contributed by atoms with Crippen LogP contribution in [-0.4, -0.2) is 11.5 Å². The third-order valence-corrected chi connectivity index (χ3v) is 1.79. The minimum atomic E-state index is -2.85. The summed E-state index contributed by atoms with van der Waals surface area (Å²) in [5.41, 5.74) is 5.74. The molecule has 0 aliphatic carbocycles. The molecule has 2 N–H and O–H groups in total. The van der Waals surface area contributed by atoms with Gasteiger partial charge in [0.1, 0.15) is 0 Å². The molecule has 0 aliphatic rings. The van der Waals surface area contributed by atoms with E-state index < -0.39 is 5.92 Å². The summed E-state index contributed by atoms with van der Waals surface area (Å²) >= 11 is 0. The highest BCUT2D eigenvalue weighted by Gasteiger charge is 2.30. The van der Waals surface area contributed by atoms with Crippen LogP contribution < -0.4 is 5.73 Å². The van der Waals surface area contributed by atoms with Crippen molar-refractivity contribution >= 4 is 0 Å². The minimum Gasteiger partial charge on any atom is -0.330 e. The topological polar surface area (TPSA) is 38.9 Å². The average molecular weight is 186 g/mol. The lowest BCUT2D eigenvalue weighted by atomic mass is 10.1. The zero-order valence-electron chi connectivity index (χ0n) is 7.43. The Kier molecular flexibility index (Phi) is 2.93. The Morgan fingerprint density at radius 3 is 2.62 bits per heavy atom. The van der Waals surface area contributed by atoms with E-state index in [0.717, 1.165) is 5.69 Å². The van der Waals surface area contributed by atoms with Gasteiger partial charge in [0.25, 0.3) is 5.92 Å². The van der Waals surface area contributed by atoms with E-state index in [1.165, 1.54) is 12.3 Å². The van der Waals surface area contributed by atoms with Gasteiger partial charge < -0.3 is 5.73 Å². The molecule has 0 unspecified atom stereocenters. The molecule has 1 rings (SSSR count). The summed E-state index contributed by atoms with van der Waals surface area (Å²) in [7, 11) is 0. The summed E-state index contributed by atoms with van der Waals surface area (Å²) < 4.78 is 26.3. The molecule has 0 bridgehead atoms. The van der Waals surface area contributed by atoms with Gasteiger partial charge in [-0.15, -0.1) is 0 Å². The fourth-order valence-electron chi connectivity index (χ4n) is 1.01. The fourth-order valence-corrected chi connectivity index (χ4v) is 1.01. The molecule has 0 amide bonds. The van der Waals surface area contributed by atoms with Crippen molar-refractivity contribution in [3.8, 4) is 0 Å². The second-order valence-electron chi connectivity index (χ2n) is 2.93. The molecule has 72 valence electrons. The monoisotopic (exact) mass is 186 g/mol. The second kappa shape index (κ2) is 3.79. The Morgan fingerprint density at radius 2 is 2.15 bits per heavy atom. The van der Waals surface area contributed by atoms with Gasteiger partial charge in [-0.1, -0.05) is 0 Å². The van der Waals surface area contributed by atoms with E-state index >= 15 is 0 Å². The van der Waals surface area contributed by atoms with E-state index in [9.17, 15) is 8.78 Å². The number of alkyl halides is 2. The first-order chi connectivity index (χ1) is 6.06. The number of rotatable bonds is 3. The molecule has 0 saturated carbocycles. The molecule has 1 aromatic rings. The molecule has 0 saturated heterocycles. The molecule has 1 heterocycles. The summed E-state index contributed by atoms with van der Waals surface area (Å²) in [4.78, 5) is 3.81. The van der Waals surface area contributed by atoms with Gasteiger partial charge in [0.05, 0.1) is 0 Å². The third kappa shape index (κ3) is 2.45. The van der Waals surface area contributed by atoms with Gasteiger partial charge in [0, 0.05) is 23.9 Å². The third-order valence-electron chi connectivity index (χ3n) is 1.79. The van der Waals surface area contributed by atoms with E-state index in [1.54, 1.807) is 13.0 Å². The number of nitrogens with two attached hydrogens (primary N) is 1. The van der Waals surface area contributed by atoms with Crippen molar-refractivity contribution < 1.29 is 8.78 Å². The van der Waals surface area contributed by atoms with Crippen molar-refractivity contribution in [3.63, 3.8) is 0 Å². The maximum Gasteiger partial charge on any atom is 0.275 e. The maximum atomic E-state index is 13.2. The van der Waals surface area contributed by atoms with Gasteiger partial charge in [-0.25, -0.2) is 8.78 Å². The number of aromatic nitrogens is 1.